The summed E-state index contributed by atoms with van der Waals surface area (Å²) in [6, 6.07) is 2.27. The van der Waals surface area contributed by atoms with Crippen LogP contribution in [0, 0.1) is 20.8 Å². The predicted molar refractivity (Wildman–Crippen MR) is 58.7 cm³/mol. The summed E-state index contributed by atoms with van der Waals surface area (Å²) < 4.78 is 5.58. The molecule has 0 radical (unpaired) electrons. The van der Waals surface area contributed by atoms with Crippen LogP contribution in [0.4, 0.5) is 0 Å². The fourth-order valence-electron chi connectivity index (χ4n) is 2.62. The summed E-state index contributed by atoms with van der Waals surface area (Å²) in [5, 5.41) is 0. The van der Waals surface area contributed by atoms with Gasteiger partial charge in [-0.15, -0.1) is 0 Å². The largest absolute Gasteiger partial charge is 0.373 e. The zero-order valence-electron chi connectivity index (χ0n) is 9.69. The number of hydrogen-bond donors (Lipinski definition) is 0. The molecule has 1 atom stereocenters. The molecule has 0 bridgehead atoms. The molecular weight excluding hydrogens is 172 g/mol. The highest BCUT2D eigenvalue weighted by atomic mass is 16.5. The van der Waals surface area contributed by atoms with E-state index < -0.39 is 0 Å². The van der Waals surface area contributed by atoms with Crippen LogP contribution in [0.25, 0.3) is 0 Å². The van der Waals surface area contributed by atoms with Crippen LogP contribution in [0.2, 0.25) is 0 Å². The highest BCUT2D eigenvalue weighted by Crippen LogP contribution is 2.45. The number of aryl methyl sites for hydroxylation is 2. The van der Waals surface area contributed by atoms with Crippen molar-refractivity contribution in [2.45, 2.75) is 39.7 Å². The van der Waals surface area contributed by atoms with E-state index in [4.69, 9.17) is 4.74 Å². The van der Waals surface area contributed by atoms with Crippen LogP contribution >= 0.6 is 0 Å². The second kappa shape index (κ2) is 2.83. The Labute approximate surface area is 86.1 Å². The molecular formula is C13H18O. The number of hydrogen-bond acceptors (Lipinski definition) is 1. The van der Waals surface area contributed by atoms with Crippen LogP contribution in [-0.2, 0) is 16.8 Å². The monoisotopic (exact) mass is 190 g/mol. The Morgan fingerprint density at radius 1 is 1.21 bits per heavy atom. The van der Waals surface area contributed by atoms with Crippen LogP contribution in [0.15, 0.2) is 6.07 Å². The molecule has 0 spiro atoms. The maximum atomic E-state index is 5.58. The van der Waals surface area contributed by atoms with Gasteiger partial charge >= 0.3 is 0 Å². The van der Waals surface area contributed by atoms with Crippen LogP contribution < -0.4 is 0 Å². The Morgan fingerprint density at radius 2 is 1.86 bits per heavy atom. The SMILES string of the molecule is COC1(C)Cc2c(C)c(C)cc(C)c21. The fourth-order valence-corrected chi connectivity index (χ4v) is 2.62. The molecule has 0 saturated carbocycles. The zero-order chi connectivity index (χ0) is 10.5. The normalized spacial score (nSPS) is 24.4. The molecule has 1 nitrogen and oxygen atoms in total. The summed E-state index contributed by atoms with van der Waals surface area (Å²) >= 11 is 0. The van der Waals surface area contributed by atoms with E-state index in [0.717, 1.165) is 6.42 Å². The molecule has 1 aliphatic carbocycles. The summed E-state index contributed by atoms with van der Waals surface area (Å²) in [4.78, 5) is 0. The first-order valence-electron chi connectivity index (χ1n) is 5.15. The Hall–Kier alpha value is -0.820. The van der Waals surface area contributed by atoms with E-state index in [-0.39, 0.29) is 5.60 Å². The maximum Gasteiger partial charge on any atom is 0.0945 e. The van der Waals surface area contributed by atoms with Gasteiger partial charge in [0, 0.05) is 13.5 Å². The molecule has 76 valence electrons. The molecule has 0 heterocycles. The third-order valence-corrected chi connectivity index (χ3v) is 3.67. The number of methoxy groups -OCH3 is 1. The van der Waals surface area contributed by atoms with Crippen LogP contribution in [0.3, 0.4) is 0 Å². The van der Waals surface area contributed by atoms with Crippen molar-refractivity contribution in [2.24, 2.45) is 0 Å². The lowest BCUT2D eigenvalue weighted by Gasteiger charge is -2.43. The van der Waals surface area contributed by atoms with Gasteiger partial charge in [-0.3, -0.25) is 0 Å². The van der Waals surface area contributed by atoms with Gasteiger partial charge in [0.1, 0.15) is 0 Å². The quantitative estimate of drug-likeness (QED) is 0.661. The topological polar surface area (TPSA) is 9.23 Å². The van der Waals surface area contributed by atoms with E-state index >= 15 is 0 Å². The van der Waals surface area contributed by atoms with Gasteiger partial charge < -0.3 is 4.74 Å². The van der Waals surface area contributed by atoms with Crippen molar-refractivity contribution >= 4 is 0 Å². The Bertz CT molecular complexity index is 393. The molecule has 2 rings (SSSR count). The first-order valence-corrected chi connectivity index (χ1v) is 5.15. The number of rotatable bonds is 1. The van der Waals surface area contributed by atoms with Gasteiger partial charge in [0.15, 0.2) is 0 Å². The Morgan fingerprint density at radius 3 is 2.43 bits per heavy atom. The van der Waals surface area contributed by atoms with E-state index in [1.54, 1.807) is 7.11 Å². The molecule has 0 amide bonds. The Balaban J connectivity index is 2.62. The average Bonchev–Trinajstić information content (AvgIpc) is 2.10. The standard InChI is InChI=1S/C13H18O/c1-8-6-9(2)12-11(10(8)3)7-13(12,4)14-5/h6H,7H2,1-5H3. The lowest BCUT2D eigenvalue weighted by atomic mass is 9.69. The van der Waals surface area contributed by atoms with Crippen molar-refractivity contribution in [2.75, 3.05) is 7.11 Å². The Kier molecular flexibility index (Phi) is 1.97. The molecule has 1 heteroatoms. The first-order chi connectivity index (χ1) is 6.49. The lowest BCUT2D eigenvalue weighted by molar-refractivity contribution is -0.0191. The highest BCUT2D eigenvalue weighted by molar-refractivity contribution is 5.54. The molecule has 0 aromatic heterocycles. The minimum absolute atomic E-state index is 0.0299. The molecule has 0 saturated heterocycles. The third-order valence-electron chi connectivity index (χ3n) is 3.67. The summed E-state index contributed by atoms with van der Waals surface area (Å²) in [7, 11) is 1.80. The van der Waals surface area contributed by atoms with Crippen molar-refractivity contribution < 1.29 is 4.74 Å². The van der Waals surface area contributed by atoms with Crippen molar-refractivity contribution in [3.8, 4) is 0 Å². The summed E-state index contributed by atoms with van der Waals surface area (Å²) in [5.74, 6) is 0. The molecule has 14 heavy (non-hydrogen) atoms. The second-order valence-corrected chi connectivity index (χ2v) is 4.60. The van der Waals surface area contributed by atoms with E-state index in [1.165, 1.54) is 27.8 Å². The molecule has 0 aliphatic heterocycles. The molecule has 1 unspecified atom stereocenters. The molecule has 0 N–H and O–H groups in total. The van der Waals surface area contributed by atoms with Gasteiger partial charge in [-0.1, -0.05) is 6.07 Å². The van der Waals surface area contributed by atoms with Gasteiger partial charge in [-0.25, -0.2) is 0 Å². The van der Waals surface area contributed by atoms with E-state index in [0.29, 0.717) is 0 Å². The van der Waals surface area contributed by atoms with Crippen molar-refractivity contribution in [3.63, 3.8) is 0 Å². The van der Waals surface area contributed by atoms with E-state index in [9.17, 15) is 0 Å². The number of ether oxygens (including phenoxy) is 1. The maximum absolute atomic E-state index is 5.58. The molecule has 1 aromatic carbocycles. The van der Waals surface area contributed by atoms with Crippen molar-refractivity contribution in [3.05, 3.63) is 33.9 Å². The second-order valence-electron chi connectivity index (χ2n) is 4.60. The summed E-state index contributed by atoms with van der Waals surface area (Å²) in [5.41, 5.74) is 7.12. The van der Waals surface area contributed by atoms with Gasteiger partial charge in [0.05, 0.1) is 5.60 Å². The van der Waals surface area contributed by atoms with Crippen molar-refractivity contribution in [1.29, 1.82) is 0 Å². The summed E-state index contributed by atoms with van der Waals surface area (Å²) in [6.45, 7) is 8.76. The van der Waals surface area contributed by atoms with Crippen molar-refractivity contribution in [1.82, 2.24) is 0 Å². The van der Waals surface area contributed by atoms with Crippen LogP contribution in [0.5, 0.6) is 0 Å². The van der Waals surface area contributed by atoms with Crippen LogP contribution in [0.1, 0.15) is 34.7 Å². The van der Waals surface area contributed by atoms with Gasteiger partial charge in [0.25, 0.3) is 0 Å². The molecule has 1 aromatic rings. The summed E-state index contributed by atoms with van der Waals surface area (Å²) in [6.07, 6.45) is 1.06. The third kappa shape index (κ3) is 1.05. The fraction of sp³-hybridized carbons (Fsp3) is 0.538. The molecule has 0 fully saturated rings. The van der Waals surface area contributed by atoms with Gasteiger partial charge in [0.2, 0.25) is 0 Å². The number of benzene rings is 1. The average molecular weight is 190 g/mol. The zero-order valence-corrected chi connectivity index (χ0v) is 9.69. The first kappa shape index (κ1) is 9.72. The predicted octanol–water partition coefficient (Wildman–Crippen LogP) is 3.03. The van der Waals surface area contributed by atoms with E-state index in [2.05, 4.69) is 33.8 Å². The van der Waals surface area contributed by atoms with Gasteiger partial charge in [-0.05, 0) is 55.5 Å². The van der Waals surface area contributed by atoms with Gasteiger partial charge in [-0.2, -0.15) is 0 Å². The molecule has 1 aliphatic rings. The highest BCUT2D eigenvalue weighted by Gasteiger charge is 2.41. The smallest absolute Gasteiger partial charge is 0.0945 e. The number of fused-ring (bicyclic) bond motifs is 1. The minimum atomic E-state index is -0.0299. The van der Waals surface area contributed by atoms with Crippen LogP contribution in [-0.4, -0.2) is 7.11 Å². The lowest BCUT2D eigenvalue weighted by Crippen LogP contribution is -2.39. The minimum Gasteiger partial charge on any atom is -0.373 e. The van der Waals surface area contributed by atoms with E-state index in [1.807, 2.05) is 0 Å².